The van der Waals surface area contributed by atoms with E-state index in [9.17, 15) is 18.0 Å². The topological polar surface area (TPSA) is 86.8 Å². The summed E-state index contributed by atoms with van der Waals surface area (Å²) in [6, 6.07) is 17.3. The average molecular weight is 659 g/mol. The van der Waals surface area contributed by atoms with E-state index < -0.39 is 34.4 Å². The van der Waals surface area contributed by atoms with Gasteiger partial charge in [0.05, 0.1) is 17.0 Å². The molecule has 3 aromatic rings. The fourth-order valence-electron chi connectivity index (χ4n) is 4.13. The zero-order valence-electron chi connectivity index (χ0n) is 22.8. The van der Waals surface area contributed by atoms with Crippen LogP contribution in [0.5, 0.6) is 0 Å². The lowest BCUT2D eigenvalue weighted by molar-refractivity contribution is -0.140. The van der Waals surface area contributed by atoms with E-state index in [1.165, 1.54) is 23.1 Å². The van der Waals surface area contributed by atoms with E-state index in [-0.39, 0.29) is 29.7 Å². The van der Waals surface area contributed by atoms with Crippen molar-refractivity contribution in [2.75, 3.05) is 17.1 Å². The van der Waals surface area contributed by atoms with E-state index in [4.69, 9.17) is 46.4 Å². The number of nitrogens with zero attached hydrogens (tertiary/aromatic N) is 2. The standard InChI is InChI=1S/C29H31Cl4N3O4S/c1-4-19(2)34-29(38)27(15-20-9-6-5-7-10-20)35(17-22-23(31)11-8-12-24(22)32)28(37)18-36(41(3,39)40)26-14-13-21(30)16-25(26)33/h5-14,16,19,27H,4,15,17-18H2,1-3H3,(H,34,38)/t19-,27+/m0/s1. The Kier molecular flexibility index (Phi) is 11.8. The number of sulfonamides is 1. The maximum atomic E-state index is 14.2. The van der Waals surface area contributed by atoms with Crippen LogP contribution >= 0.6 is 46.4 Å². The van der Waals surface area contributed by atoms with Crippen LogP contribution in [0.1, 0.15) is 31.4 Å². The molecule has 2 atom stereocenters. The van der Waals surface area contributed by atoms with Gasteiger partial charge in [0.2, 0.25) is 21.8 Å². The Bertz CT molecular complexity index is 1470. The van der Waals surface area contributed by atoms with Gasteiger partial charge >= 0.3 is 0 Å². The Morgan fingerprint density at radius 1 is 0.902 bits per heavy atom. The molecule has 0 bridgehead atoms. The van der Waals surface area contributed by atoms with Crippen molar-refractivity contribution < 1.29 is 18.0 Å². The number of hydrogen-bond donors (Lipinski definition) is 1. The second kappa shape index (κ2) is 14.6. The van der Waals surface area contributed by atoms with Crippen molar-refractivity contribution in [3.05, 3.63) is 97.9 Å². The molecule has 0 aliphatic rings. The molecule has 0 aromatic heterocycles. The lowest BCUT2D eigenvalue weighted by atomic mass is 10.0. The molecule has 0 spiro atoms. The summed E-state index contributed by atoms with van der Waals surface area (Å²) in [6.45, 7) is 3.02. The van der Waals surface area contributed by atoms with Crippen LogP contribution in [-0.2, 0) is 32.6 Å². The molecular weight excluding hydrogens is 628 g/mol. The minimum Gasteiger partial charge on any atom is -0.352 e. The summed E-state index contributed by atoms with van der Waals surface area (Å²) in [4.78, 5) is 29.2. The van der Waals surface area contributed by atoms with Crippen molar-refractivity contribution in [3.63, 3.8) is 0 Å². The normalized spacial score (nSPS) is 12.9. The molecule has 2 amide bonds. The highest BCUT2D eigenvalue weighted by Crippen LogP contribution is 2.31. The monoisotopic (exact) mass is 657 g/mol. The van der Waals surface area contributed by atoms with Gasteiger partial charge in [0.15, 0.2) is 0 Å². The summed E-state index contributed by atoms with van der Waals surface area (Å²) in [6.07, 6.45) is 1.81. The molecule has 0 heterocycles. The highest BCUT2D eigenvalue weighted by molar-refractivity contribution is 7.92. The highest BCUT2D eigenvalue weighted by atomic mass is 35.5. The number of anilines is 1. The van der Waals surface area contributed by atoms with Crippen molar-refractivity contribution in [2.45, 2.75) is 45.3 Å². The summed E-state index contributed by atoms with van der Waals surface area (Å²) in [5.74, 6) is -1.05. The van der Waals surface area contributed by atoms with Gasteiger partial charge in [-0.3, -0.25) is 13.9 Å². The first-order chi connectivity index (χ1) is 19.3. The molecule has 12 heteroatoms. The second-order valence-corrected chi connectivity index (χ2v) is 13.2. The van der Waals surface area contributed by atoms with Crippen molar-refractivity contribution in [2.24, 2.45) is 0 Å². The first-order valence-corrected chi connectivity index (χ1v) is 16.2. The molecule has 3 aromatic carbocycles. The first-order valence-electron chi connectivity index (χ1n) is 12.8. The van der Waals surface area contributed by atoms with E-state index >= 15 is 0 Å². The Morgan fingerprint density at radius 3 is 2.10 bits per heavy atom. The molecule has 0 aliphatic heterocycles. The Balaban J connectivity index is 2.13. The van der Waals surface area contributed by atoms with Gasteiger partial charge < -0.3 is 10.2 Å². The molecule has 220 valence electrons. The quantitative estimate of drug-likeness (QED) is 0.237. The van der Waals surface area contributed by atoms with Gasteiger partial charge in [-0.25, -0.2) is 8.42 Å². The molecule has 0 saturated heterocycles. The molecular formula is C29H31Cl4N3O4S. The minimum atomic E-state index is -3.99. The number of halogens is 4. The van der Waals surface area contributed by atoms with E-state index in [1.54, 1.807) is 18.2 Å². The van der Waals surface area contributed by atoms with E-state index in [0.717, 1.165) is 16.1 Å². The molecule has 0 saturated carbocycles. The third-order valence-electron chi connectivity index (χ3n) is 6.52. The number of benzene rings is 3. The number of rotatable bonds is 12. The number of hydrogen-bond acceptors (Lipinski definition) is 4. The first kappa shape index (κ1) is 33.0. The van der Waals surface area contributed by atoms with Gasteiger partial charge in [-0.1, -0.05) is 89.7 Å². The number of carbonyl (C=O) groups excluding carboxylic acids is 2. The van der Waals surface area contributed by atoms with Crippen LogP contribution in [-0.4, -0.2) is 50.0 Å². The molecule has 3 rings (SSSR count). The zero-order chi connectivity index (χ0) is 30.3. The Hall–Kier alpha value is -2.49. The third kappa shape index (κ3) is 9.00. The van der Waals surface area contributed by atoms with Crippen LogP contribution in [0.3, 0.4) is 0 Å². The molecule has 0 aliphatic carbocycles. The van der Waals surface area contributed by atoms with Crippen molar-refractivity contribution in [1.82, 2.24) is 10.2 Å². The highest BCUT2D eigenvalue weighted by Gasteiger charge is 2.34. The minimum absolute atomic E-state index is 0.0479. The molecule has 0 unspecified atom stereocenters. The predicted octanol–water partition coefficient (Wildman–Crippen LogP) is 6.62. The van der Waals surface area contributed by atoms with Crippen LogP contribution in [0.25, 0.3) is 0 Å². The number of carbonyl (C=O) groups is 2. The van der Waals surface area contributed by atoms with Crippen LogP contribution in [0.4, 0.5) is 5.69 Å². The fraction of sp³-hybridized carbons (Fsp3) is 0.310. The van der Waals surface area contributed by atoms with Crippen molar-refractivity contribution in [1.29, 1.82) is 0 Å². The third-order valence-corrected chi connectivity index (χ3v) is 8.89. The van der Waals surface area contributed by atoms with E-state index in [1.807, 2.05) is 44.2 Å². The lowest BCUT2D eigenvalue weighted by Crippen LogP contribution is -2.54. The van der Waals surface area contributed by atoms with Gasteiger partial charge in [-0.05, 0) is 49.2 Å². The van der Waals surface area contributed by atoms with Gasteiger partial charge in [-0.15, -0.1) is 0 Å². The molecule has 1 N–H and O–H groups in total. The molecule has 41 heavy (non-hydrogen) atoms. The largest absolute Gasteiger partial charge is 0.352 e. The van der Waals surface area contributed by atoms with E-state index in [0.29, 0.717) is 27.1 Å². The molecule has 0 radical (unpaired) electrons. The van der Waals surface area contributed by atoms with Crippen molar-refractivity contribution >= 4 is 73.9 Å². The lowest BCUT2D eigenvalue weighted by Gasteiger charge is -2.34. The zero-order valence-corrected chi connectivity index (χ0v) is 26.6. The Labute approximate surface area is 261 Å². The predicted molar refractivity (Wildman–Crippen MR) is 167 cm³/mol. The van der Waals surface area contributed by atoms with Crippen LogP contribution in [0.2, 0.25) is 20.1 Å². The summed E-state index contributed by atoms with van der Waals surface area (Å²) in [7, 11) is -3.99. The summed E-state index contributed by atoms with van der Waals surface area (Å²) in [5.41, 5.74) is 1.31. The number of nitrogens with one attached hydrogen (secondary N) is 1. The van der Waals surface area contributed by atoms with Gasteiger partial charge in [0.1, 0.15) is 12.6 Å². The Morgan fingerprint density at radius 2 is 1.54 bits per heavy atom. The van der Waals surface area contributed by atoms with Gasteiger partial charge in [0.25, 0.3) is 0 Å². The maximum absolute atomic E-state index is 14.2. The molecule has 7 nitrogen and oxygen atoms in total. The molecule has 0 fully saturated rings. The van der Waals surface area contributed by atoms with E-state index in [2.05, 4.69) is 5.32 Å². The van der Waals surface area contributed by atoms with Crippen LogP contribution < -0.4 is 9.62 Å². The summed E-state index contributed by atoms with van der Waals surface area (Å²) < 4.78 is 26.7. The van der Waals surface area contributed by atoms with Gasteiger partial charge in [-0.2, -0.15) is 0 Å². The summed E-state index contributed by atoms with van der Waals surface area (Å²) in [5, 5.41) is 3.92. The van der Waals surface area contributed by atoms with Crippen molar-refractivity contribution in [3.8, 4) is 0 Å². The SMILES string of the molecule is CC[C@H](C)NC(=O)[C@@H](Cc1ccccc1)N(Cc1c(Cl)cccc1Cl)C(=O)CN(c1ccc(Cl)cc1Cl)S(C)(=O)=O. The second-order valence-electron chi connectivity index (χ2n) is 9.61. The average Bonchev–Trinajstić information content (AvgIpc) is 2.90. The smallest absolute Gasteiger partial charge is 0.244 e. The van der Waals surface area contributed by atoms with Crippen LogP contribution in [0, 0.1) is 0 Å². The van der Waals surface area contributed by atoms with Gasteiger partial charge in [0, 0.05) is 39.6 Å². The maximum Gasteiger partial charge on any atom is 0.244 e. The fourth-order valence-corrected chi connectivity index (χ4v) is 6.07. The number of amides is 2. The summed E-state index contributed by atoms with van der Waals surface area (Å²) >= 11 is 25.3. The van der Waals surface area contributed by atoms with Crippen LogP contribution in [0.15, 0.2) is 66.7 Å².